The van der Waals surface area contributed by atoms with Crippen molar-refractivity contribution in [2.45, 2.75) is 6.18 Å². The molecular weight excluding hydrogens is 291 g/mol. The molecule has 2 aromatic carbocycles. The third-order valence-electron chi connectivity index (χ3n) is 3.26. The van der Waals surface area contributed by atoms with Crippen LogP contribution in [0.15, 0.2) is 54.7 Å². The van der Waals surface area contributed by atoms with Crippen LogP contribution in [0.1, 0.15) is 5.56 Å². The largest absolute Gasteiger partial charge is 0.416 e. The molecule has 0 spiro atoms. The molecule has 0 fully saturated rings. The maximum absolute atomic E-state index is 12.9. The maximum atomic E-state index is 12.9. The molecule has 6 heteroatoms. The van der Waals surface area contributed by atoms with Crippen LogP contribution in [-0.2, 0) is 6.18 Å². The molecule has 1 aromatic heterocycles. The van der Waals surface area contributed by atoms with E-state index in [4.69, 9.17) is 5.73 Å². The Balaban J connectivity index is 2.06. The molecule has 0 saturated carbocycles. The van der Waals surface area contributed by atoms with Crippen LogP contribution >= 0.6 is 0 Å². The third kappa shape index (κ3) is 2.81. The number of hydrogen-bond donors (Lipinski definition) is 2. The fourth-order valence-corrected chi connectivity index (χ4v) is 2.15. The van der Waals surface area contributed by atoms with E-state index in [-0.39, 0.29) is 0 Å². The molecule has 3 rings (SSSR count). The van der Waals surface area contributed by atoms with E-state index in [2.05, 4.69) is 10.3 Å². The molecule has 0 aliphatic rings. The molecule has 3 aromatic rings. The van der Waals surface area contributed by atoms with Crippen molar-refractivity contribution in [2.75, 3.05) is 11.1 Å². The smallest absolute Gasteiger partial charge is 0.399 e. The highest BCUT2D eigenvalue weighted by molar-refractivity contribution is 5.93. The van der Waals surface area contributed by atoms with E-state index in [1.54, 1.807) is 36.5 Å². The van der Waals surface area contributed by atoms with Gasteiger partial charge in [0.25, 0.3) is 0 Å². The zero-order valence-corrected chi connectivity index (χ0v) is 11.4. The average molecular weight is 303 g/mol. The van der Waals surface area contributed by atoms with Gasteiger partial charge >= 0.3 is 6.18 Å². The lowest BCUT2D eigenvalue weighted by Gasteiger charge is -2.12. The first-order valence-electron chi connectivity index (χ1n) is 6.52. The normalized spacial score (nSPS) is 11.6. The summed E-state index contributed by atoms with van der Waals surface area (Å²) in [5, 5.41) is 3.50. The average Bonchev–Trinajstić information content (AvgIpc) is 2.48. The van der Waals surface area contributed by atoms with Crippen LogP contribution in [0.2, 0.25) is 0 Å². The number of nitrogens with one attached hydrogen (secondary N) is 1. The van der Waals surface area contributed by atoms with Crippen molar-refractivity contribution in [2.24, 2.45) is 0 Å². The number of aromatic nitrogens is 1. The minimum absolute atomic E-state index is 0.411. The number of fused-ring (bicyclic) bond motifs is 1. The highest BCUT2D eigenvalue weighted by atomic mass is 19.4. The lowest BCUT2D eigenvalue weighted by Crippen LogP contribution is -2.05. The molecule has 22 heavy (non-hydrogen) atoms. The van der Waals surface area contributed by atoms with Crippen molar-refractivity contribution in [3.8, 4) is 0 Å². The van der Waals surface area contributed by atoms with E-state index in [9.17, 15) is 13.2 Å². The Morgan fingerprint density at radius 2 is 1.68 bits per heavy atom. The number of pyridine rings is 1. The first-order chi connectivity index (χ1) is 10.4. The maximum Gasteiger partial charge on any atom is 0.416 e. The van der Waals surface area contributed by atoms with Crippen LogP contribution in [0, 0.1) is 0 Å². The van der Waals surface area contributed by atoms with E-state index in [0.29, 0.717) is 22.3 Å². The van der Waals surface area contributed by atoms with Gasteiger partial charge in [0.1, 0.15) is 0 Å². The zero-order chi connectivity index (χ0) is 15.7. The monoisotopic (exact) mass is 303 g/mol. The lowest BCUT2D eigenvalue weighted by atomic mass is 10.1. The quantitative estimate of drug-likeness (QED) is 0.681. The van der Waals surface area contributed by atoms with Crippen LogP contribution in [-0.4, -0.2) is 4.98 Å². The molecular formula is C16H12F3N3. The molecule has 0 unspecified atom stereocenters. The lowest BCUT2D eigenvalue weighted by molar-refractivity contribution is -0.137. The highest BCUT2D eigenvalue weighted by Crippen LogP contribution is 2.33. The van der Waals surface area contributed by atoms with Crippen LogP contribution in [0.25, 0.3) is 10.9 Å². The Kier molecular flexibility index (Phi) is 3.36. The summed E-state index contributed by atoms with van der Waals surface area (Å²) in [6.45, 7) is 0. The molecule has 3 N–H and O–H groups in total. The Labute approximate surface area is 124 Å². The fourth-order valence-electron chi connectivity index (χ4n) is 2.15. The number of alkyl halides is 3. The SMILES string of the molecule is Nc1ccc(Nc2ccnc3ccc(C(F)(F)F)cc23)cc1. The van der Waals surface area contributed by atoms with Crippen molar-refractivity contribution < 1.29 is 13.2 Å². The van der Waals surface area contributed by atoms with Crippen molar-refractivity contribution in [3.05, 3.63) is 60.3 Å². The standard InChI is InChI=1S/C16H12F3N3/c17-16(18,19)10-1-6-14-13(9-10)15(7-8-21-14)22-12-4-2-11(20)3-5-12/h1-9H,20H2,(H,21,22). The van der Waals surface area contributed by atoms with Gasteiger partial charge in [-0.05, 0) is 48.5 Å². The second-order valence-electron chi connectivity index (χ2n) is 4.84. The van der Waals surface area contributed by atoms with Gasteiger partial charge in [-0.15, -0.1) is 0 Å². The topological polar surface area (TPSA) is 50.9 Å². The summed E-state index contributed by atoms with van der Waals surface area (Å²) in [6, 6.07) is 12.1. The van der Waals surface area contributed by atoms with E-state index in [1.165, 1.54) is 6.07 Å². The predicted octanol–water partition coefficient (Wildman–Crippen LogP) is 4.58. The van der Waals surface area contributed by atoms with Gasteiger partial charge < -0.3 is 11.1 Å². The number of nitrogen functional groups attached to an aromatic ring is 1. The summed E-state index contributed by atoms with van der Waals surface area (Å²) in [6.07, 6.45) is -2.84. The molecule has 0 saturated heterocycles. The summed E-state index contributed by atoms with van der Waals surface area (Å²) in [5.41, 5.74) is 7.32. The minimum Gasteiger partial charge on any atom is -0.399 e. The molecule has 0 aliphatic heterocycles. The van der Waals surface area contributed by atoms with Crippen molar-refractivity contribution in [3.63, 3.8) is 0 Å². The van der Waals surface area contributed by atoms with Gasteiger partial charge in [-0.3, -0.25) is 4.98 Å². The zero-order valence-electron chi connectivity index (χ0n) is 11.4. The second kappa shape index (κ2) is 5.22. The Hall–Kier alpha value is -2.76. The van der Waals surface area contributed by atoms with Gasteiger partial charge in [0.2, 0.25) is 0 Å². The van der Waals surface area contributed by atoms with E-state index in [1.807, 2.05) is 0 Å². The van der Waals surface area contributed by atoms with Crippen molar-refractivity contribution >= 4 is 28.0 Å². The van der Waals surface area contributed by atoms with E-state index in [0.717, 1.165) is 17.8 Å². The number of hydrogen-bond acceptors (Lipinski definition) is 3. The summed E-state index contributed by atoms with van der Waals surface area (Å²) < 4.78 is 38.6. The summed E-state index contributed by atoms with van der Waals surface area (Å²) in [7, 11) is 0. The molecule has 0 bridgehead atoms. The Bertz CT molecular complexity index is 811. The summed E-state index contributed by atoms with van der Waals surface area (Å²) >= 11 is 0. The minimum atomic E-state index is -4.39. The molecule has 112 valence electrons. The van der Waals surface area contributed by atoms with Gasteiger partial charge in [0, 0.05) is 28.6 Å². The molecule has 3 nitrogen and oxygen atoms in total. The number of anilines is 3. The first-order valence-corrected chi connectivity index (χ1v) is 6.52. The molecule has 0 amide bonds. The van der Waals surface area contributed by atoms with Crippen molar-refractivity contribution in [1.82, 2.24) is 4.98 Å². The molecule has 1 heterocycles. The van der Waals surface area contributed by atoms with E-state index < -0.39 is 11.7 Å². The summed E-state index contributed by atoms with van der Waals surface area (Å²) in [4.78, 5) is 4.09. The first kappa shape index (κ1) is 14.2. The van der Waals surface area contributed by atoms with Crippen LogP contribution in [0.5, 0.6) is 0 Å². The second-order valence-corrected chi connectivity index (χ2v) is 4.84. The highest BCUT2D eigenvalue weighted by Gasteiger charge is 2.30. The van der Waals surface area contributed by atoms with Gasteiger partial charge in [-0.1, -0.05) is 0 Å². The summed E-state index contributed by atoms with van der Waals surface area (Å²) in [5.74, 6) is 0. The van der Waals surface area contributed by atoms with Crippen LogP contribution < -0.4 is 11.1 Å². The predicted molar refractivity (Wildman–Crippen MR) is 80.9 cm³/mol. The number of rotatable bonds is 2. The van der Waals surface area contributed by atoms with E-state index >= 15 is 0 Å². The van der Waals surface area contributed by atoms with Gasteiger partial charge in [-0.2, -0.15) is 13.2 Å². The number of benzene rings is 2. The van der Waals surface area contributed by atoms with Gasteiger partial charge in [0.05, 0.1) is 11.1 Å². The fraction of sp³-hybridized carbons (Fsp3) is 0.0625. The van der Waals surface area contributed by atoms with Gasteiger partial charge in [-0.25, -0.2) is 0 Å². The van der Waals surface area contributed by atoms with Gasteiger partial charge in [0.15, 0.2) is 0 Å². The number of nitrogens with zero attached hydrogens (tertiary/aromatic N) is 1. The molecule has 0 aliphatic carbocycles. The number of nitrogens with two attached hydrogens (primary N) is 1. The van der Waals surface area contributed by atoms with Crippen LogP contribution in [0.4, 0.5) is 30.2 Å². The molecule has 0 radical (unpaired) electrons. The Morgan fingerprint density at radius 1 is 0.955 bits per heavy atom. The molecule has 0 atom stereocenters. The third-order valence-corrected chi connectivity index (χ3v) is 3.26. The van der Waals surface area contributed by atoms with Crippen molar-refractivity contribution in [1.29, 1.82) is 0 Å². The number of halogens is 3. The Morgan fingerprint density at radius 3 is 2.36 bits per heavy atom. The van der Waals surface area contributed by atoms with Crippen LogP contribution in [0.3, 0.4) is 0 Å².